The maximum atomic E-state index is 11.4. The molecule has 0 aromatic heterocycles. The first-order valence-electron chi connectivity index (χ1n) is 7.02. The zero-order valence-electron chi connectivity index (χ0n) is 12.8. The third kappa shape index (κ3) is 6.46. The molecule has 0 aliphatic carbocycles. The Balaban J connectivity index is 2.59. The van der Waals surface area contributed by atoms with Gasteiger partial charge in [0, 0.05) is 19.6 Å². The molecule has 1 amide bonds. The van der Waals surface area contributed by atoms with E-state index in [0.717, 1.165) is 5.56 Å². The molecule has 1 rings (SSSR count). The molecule has 0 radical (unpaired) electrons. The number of likely N-dealkylation sites (N-methyl/N-ethyl adjacent to an activating group) is 1. The van der Waals surface area contributed by atoms with Crippen LogP contribution in [0.3, 0.4) is 0 Å². The van der Waals surface area contributed by atoms with Gasteiger partial charge in [-0.05, 0) is 31.5 Å². The molecule has 0 fully saturated rings. The molecular weight excluding hydrogens is 272 g/mol. The van der Waals surface area contributed by atoms with Gasteiger partial charge in [-0.15, -0.1) is 0 Å². The molecule has 0 saturated heterocycles. The van der Waals surface area contributed by atoms with Crippen LogP contribution in [-0.2, 0) is 11.3 Å². The molecule has 6 heteroatoms. The van der Waals surface area contributed by atoms with Crippen molar-refractivity contribution in [1.82, 2.24) is 10.6 Å². The largest absolute Gasteiger partial charge is 0.493 e. The molecule has 1 unspecified atom stereocenters. The lowest BCUT2D eigenvalue weighted by Crippen LogP contribution is -2.28. The zero-order valence-corrected chi connectivity index (χ0v) is 12.8. The van der Waals surface area contributed by atoms with Gasteiger partial charge >= 0.3 is 0 Å². The van der Waals surface area contributed by atoms with Gasteiger partial charge in [0.15, 0.2) is 18.1 Å². The number of amides is 1. The number of hydrogen-bond donors (Lipinski definition) is 3. The van der Waals surface area contributed by atoms with Crippen LogP contribution in [0.2, 0.25) is 0 Å². The van der Waals surface area contributed by atoms with Crippen molar-refractivity contribution in [3.05, 3.63) is 23.8 Å². The van der Waals surface area contributed by atoms with Crippen molar-refractivity contribution in [2.45, 2.75) is 26.5 Å². The number of carbonyl (C=O) groups is 1. The minimum absolute atomic E-state index is 0.0379. The number of ether oxygens (including phenoxy) is 2. The lowest BCUT2D eigenvalue weighted by Gasteiger charge is -2.13. The number of rotatable bonds is 9. The number of methoxy groups -OCH3 is 1. The second-order valence-corrected chi connectivity index (χ2v) is 4.71. The van der Waals surface area contributed by atoms with Gasteiger partial charge in [-0.2, -0.15) is 0 Å². The maximum Gasteiger partial charge on any atom is 0.257 e. The monoisotopic (exact) mass is 296 g/mol. The molecule has 1 aromatic carbocycles. The van der Waals surface area contributed by atoms with E-state index < -0.39 is 0 Å². The van der Waals surface area contributed by atoms with Gasteiger partial charge < -0.3 is 25.2 Å². The van der Waals surface area contributed by atoms with Crippen LogP contribution in [0, 0.1) is 0 Å². The topological polar surface area (TPSA) is 79.8 Å². The Hall–Kier alpha value is -1.79. The van der Waals surface area contributed by atoms with Gasteiger partial charge in [0.1, 0.15) is 0 Å². The molecule has 6 nitrogen and oxygen atoms in total. The molecule has 0 spiro atoms. The highest BCUT2D eigenvalue weighted by Crippen LogP contribution is 2.27. The predicted molar refractivity (Wildman–Crippen MR) is 80.6 cm³/mol. The highest BCUT2D eigenvalue weighted by Gasteiger charge is 2.08. The number of benzene rings is 1. The minimum Gasteiger partial charge on any atom is -0.493 e. The first-order chi connectivity index (χ1) is 10.1. The number of carbonyl (C=O) groups excluding carboxylic acids is 1. The molecule has 1 aromatic rings. The van der Waals surface area contributed by atoms with Crippen LogP contribution >= 0.6 is 0 Å². The summed E-state index contributed by atoms with van der Waals surface area (Å²) < 4.78 is 10.7. The Morgan fingerprint density at radius 2 is 2.14 bits per heavy atom. The van der Waals surface area contributed by atoms with E-state index in [1.807, 2.05) is 19.1 Å². The molecule has 118 valence electrons. The van der Waals surface area contributed by atoms with Crippen molar-refractivity contribution < 1.29 is 19.4 Å². The molecule has 21 heavy (non-hydrogen) atoms. The van der Waals surface area contributed by atoms with E-state index in [2.05, 4.69) is 10.6 Å². The fourth-order valence-electron chi connectivity index (χ4n) is 1.76. The molecule has 1 atom stereocenters. The normalized spacial score (nSPS) is 11.8. The highest BCUT2D eigenvalue weighted by molar-refractivity contribution is 5.77. The zero-order chi connectivity index (χ0) is 15.7. The quantitative estimate of drug-likeness (QED) is 0.624. The molecule has 3 N–H and O–H groups in total. The first kappa shape index (κ1) is 17.3. The lowest BCUT2D eigenvalue weighted by atomic mass is 10.2. The summed E-state index contributed by atoms with van der Waals surface area (Å²) in [5, 5.41) is 15.0. The van der Waals surface area contributed by atoms with Gasteiger partial charge in [-0.1, -0.05) is 6.07 Å². The summed E-state index contributed by atoms with van der Waals surface area (Å²) in [6.45, 7) is 5.27. The van der Waals surface area contributed by atoms with Gasteiger partial charge in [-0.25, -0.2) is 0 Å². The van der Waals surface area contributed by atoms with Crippen LogP contribution in [0.25, 0.3) is 0 Å². The van der Waals surface area contributed by atoms with Crippen molar-refractivity contribution in [2.24, 2.45) is 0 Å². The summed E-state index contributed by atoms with van der Waals surface area (Å²) in [4.78, 5) is 11.4. The van der Waals surface area contributed by atoms with E-state index in [9.17, 15) is 9.90 Å². The van der Waals surface area contributed by atoms with Gasteiger partial charge in [0.2, 0.25) is 0 Å². The maximum absolute atomic E-state index is 11.4. The van der Waals surface area contributed by atoms with E-state index in [-0.39, 0.29) is 18.6 Å². The van der Waals surface area contributed by atoms with E-state index >= 15 is 0 Å². The Kier molecular flexibility index (Phi) is 7.56. The van der Waals surface area contributed by atoms with Crippen LogP contribution in [0.1, 0.15) is 19.4 Å². The van der Waals surface area contributed by atoms with E-state index in [4.69, 9.17) is 9.47 Å². The van der Waals surface area contributed by atoms with E-state index in [0.29, 0.717) is 31.1 Å². The van der Waals surface area contributed by atoms with Crippen molar-refractivity contribution in [1.29, 1.82) is 0 Å². The smallest absolute Gasteiger partial charge is 0.257 e. The molecule has 0 aliphatic heterocycles. The number of aliphatic hydroxyl groups excluding tert-OH is 1. The second kappa shape index (κ2) is 9.20. The summed E-state index contributed by atoms with van der Waals surface area (Å²) in [5.74, 6) is 0.945. The molecule has 0 bridgehead atoms. The van der Waals surface area contributed by atoms with E-state index in [1.165, 1.54) is 0 Å². The second-order valence-electron chi connectivity index (χ2n) is 4.71. The summed E-state index contributed by atoms with van der Waals surface area (Å²) in [7, 11) is 1.56. The summed E-state index contributed by atoms with van der Waals surface area (Å²) in [6, 6.07) is 5.52. The van der Waals surface area contributed by atoms with Crippen LogP contribution in [0.4, 0.5) is 0 Å². The lowest BCUT2D eigenvalue weighted by molar-refractivity contribution is -0.123. The van der Waals surface area contributed by atoms with Crippen LogP contribution in [0.5, 0.6) is 11.5 Å². The minimum atomic E-state index is -0.383. The fraction of sp³-hybridized carbons (Fsp3) is 0.533. The Morgan fingerprint density at radius 3 is 2.76 bits per heavy atom. The first-order valence-corrected chi connectivity index (χ1v) is 7.02. The molecule has 0 heterocycles. The van der Waals surface area contributed by atoms with Crippen molar-refractivity contribution in [3.63, 3.8) is 0 Å². The summed E-state index contributed by atoms with van der Waals surface area (Å²) in [5.41, 5.74) is 1.01. The summed E-state index contributed by atoms with van der Waals surface area (Å²) >= 11 is 0. The van der Waals surface area contributed by atoms with Gasteiger partial charge in [0.25, 0.3) is 5.91 Å². The third-order valence-electron chi connectivity index (χ3n) is 2.73. The number of aliphatic hydroxyl groups is 1. The Bertz CT molecular complexity index is 449. The van der Waals surface area contributed by atoms with Crippen LogP contribution < -0.4 is 20.1 Å². The SMILES string of the molecule is CCNC(=O)COc1ccc(CNCC(C)O)cc1OC. The molecular formula is C15H24N2O4. The van der Waals surface area contributed by atoms with E-state index in [1.54, 1.807) is 20.1 Å². The summed E-state index contributed by atoms with van der Waals surface area (Å²) in [6.07, 6.45) is -0.383. The Labute approximate surface area is 125 Å². The third-order valence-corrected chi connectivity index (χ3v) is 2.73. The Morgan fingerprint density at radius 1 is 1.38 bits per heavy atom. The predicted octanol–water partition coefficient (Wildman–Crippen LogP) is 0.681. The number of nitrogens with one attached hydrogen (secondary N) is 2. The van der Waals surface area contributed by atoms with Crippen LogP contribution in [0.15, 0.2) is 18.2 Å². The van der Waals surface area contributed by atoms with Crippen molar-refractivity contribution >= 4 is 5.91 Å². The fourth-order valence-corrected chi connectivity index (χ4v) is 1.76. The van der Waals surface area contributed by atoms with Crippen molar-refractivity contribution in [2.75, 3.05) is 26.8 Å². The van der Waals surface area contributed by atoms with Crippen molar-refractivity contribution in [3.8, 4) is 11.5 Å². The van der Waals surface area contributed by atoms with Gasteiger partial charge in [-0.3, -0.25) is 4.79 Å². The van der Waals surface area contributed by atoms with Gasteiger partial charge in [0.05, 0.1) is 13.2 Å². The average molecular weight is 296 g/mol. The number of hydrogen-bond acceptors (Lipinski definition) is 5. The molecule has 0 aliphatic rings. The van der Waals surface area contributed by atoms with Crippen LogP contribution in [-0.4, -0.2) is 43.9 Å². The highest BCUT2D eigenvalue weighted by atomic mass is 16.5. The molecule has 0 saturated carbocycles. The standard InChI is InChI=1S/C15H24N2O4/c1-4-17-15(19)10-21-13-6-5-12(7-14(13)20-3)9-16-8-11(2)18/h5-7,11,16,18H,4,8-10H2,1-3H3,(H,17,19). The average Bonchev–Trinajstić information content (AvgIpc) is 2.45.